The lowest BCUT2D eigenvalue weighted by atomic mass is 9.98. The monoisotopic (exact) mass is 542 g/mol. The summed E-state index contributed by atoms with van der Waals surface area (Å²) < 4.78 is 10.4. The minimum Gasteiger partial charge on any atom is -0.462 e. The molecule has 1 aliphatic carbocycles. The SMILES string of the molecule is CCOC(=O)c1c[nH]c2ccc(C(O)C(O)CCNC(=O)OCC3c4ccccc4-c4ccccc43)cc2c1=O. The molecule has 0 saturated carbocycles. The quantitative estimate of drug-likeness (QED) is 0.234. The number of esters is 1. The number of benzene rings is 3. The van der Waals surface area contributed by atoms with Gasteiger partial charge in [0.25, 0.3) is 0 Å². The van der Waals surface area contributed by atoms with Crippen LogP contribution in [0.25, 0.3) is 22.0 Å². The third kappa shape index (κ3) is 5.34. The Hall–Kier alpha value is -4.47. The number of ether oxygens (including phenoxy) is 2. The predicted molar refractivity (Wildman–Crippen MR) is 149 cm³/mol. The number of amides is 1. The van der Waals surface area contributed by atoms with E-state index in [4.69, 9.17) is 9.47 Å². The Morgan fingerprint density at radius 3 is 2.33 bits per heavy atom. The molecule has 0 radical (unpaired) electrons. The van der Waals surface area contributed by atoms with Gasteiger partial charge in [-0.2, -0.15) is 0 Å². The number of aliphatic hydroxyl groups excluding tert-OH is 2. The molecule has 9 nitrogen and oxygen atoms in total. The number of nitrogens with one attached hydrogen (secondary N) is 2. The van der Waals surface area contributed by atoms with Crippen molar-refractivity contribution in [2.45, 2.75) is 31.5 Å². The number of alkyl carbamates (subject to hydrolysis) is 1. The van der Waals surface area contributed by atoms with Gasteiger partial charge in [0.2, 0.25) is 5.43 Å². The first-order valence-corrected chi connectivity index (χ1v) is 13.2. The molecule has 2 atom stereocenters. The van der Waals surface area contributed by atoms with Crippen LogP contribution in [0.4, 0.5) is 4.79 Å². The Kier molecular flexibility index (Phi) is 7.95. The Morgan fingerprint density at radius 2 is 1.65 bits per heavy atom. The number of aromatic nitrogens is 1. The van der Waals surface area contributed by atoms with E-state index in [1.165, 1.54) is 12.3 Å². The largest absolute Gasteiger partial charge is 0.462 e. The van der Waals surface area contributed by atoms with Crippen LogP contribution in [0.2, 0.25) is 0 Å². The second-order valence-corrected chi connectivity index (χ2v) is 9.61. The van der Waals surface area contributed by atoms with Crippen molar-refractivity contribution >= 4 is 23.0 Å². The van der Waals surface area contributed by atoms with Crippen molar-refractivity contribution in [3.8, 4) is 11.1 Å². The Labute approximate surface area is 230 Å². The van der Waals surface area contributed by atoms with E-state index >= 15 is 0 Å². The van der Waals surface area contributed by atoms with Crippen LogP contribution in [0.3, 0.4) is 0 Å². The van der Waals surface area contributed by atoms with Crippen molar-refractivity contribution in [3.05, 3.63) is 105 Å². The average molecular weight is 543 g/mol. The Morgan fingerprint density at radius 1 is 0.975 bits per heavy atom. The fraction of sp³-hybridized carbons (Fsp3) is 0.258. The molecule has 0 spiro atoms. The summed E-state index contributed by atoms with van der Waals surface area (Å²) in [4.78, 5) is 40.2. The molecule has 0 saturated heterocycles. The van der Waals surface area contributed by atoms with Gasteiger partial charge < -0.3 is 30.0 Å². The summed E-state index contributed by atoms with van der Waals surface area (Å²) in [7, 11) is 0. The Balaban J connectivity index is 1.17. The van der Waals surface area contributed by atoms with E-state index in [0.29, 0.717) is 11.1 Å². The molecule has 1 aliphatic rings. The van der Waals surface area contributed by atoms with Gasteiger partial charge in [0, 0.05) is 29.6 Å². The standard InChI is InChI=1S/C31H30N2O7/c1-2-39-30(37)24-16-33-26-12-11-18(15-23(26)29(24)36)28(35)27(34)13-14-32-31(38)40-17-25-21-9-5-3-7-19(21)20-8-4-6-10-22(20)25/h3-12,15-16,25,27-28,34-35H,2,13-14,17H2,1H3,(H,32,38)(H,33,36). The molecule has 1 amide bonds. The van der Waals surface area contributed by atoms with Gasteiger partial charge in [-0.3, -0.25) is 4.79 Å². The molecular formula is C31H30N2O7. The maximum Gasteiger partial charge on any atom is 0.407 e. The summed E-state index contributed by atoms with van der Waals surface area (Å²) in [6.07, 6.45) is -1.82. The first-order chi connectivity index (χ1) is 19.4. The minimum absolute atomic E-state index is 0.0443. The van der Waals surface area contributed by atoms with Gasteiger partial charge in [-0.1, -0.05) is 54.6 Å². The molecule has 1 heterocycles. The van der Waals surface area contributed by atoms with Crippen LogP contribution in [0.15, 0.2) is 77.7 Å². The normalized spacial score (nSPS) is 13.8. The van der Waals surface area contributed by atoms with E-state index in [9.17, 15) is 24.6 Å². The molecule has 206 valence electrons. The molecule has 4 aromatic rings. The van der Waals surface area contributed by atoms with Crippen molar-refractivity contribution in [3.63, 3.8) is 0 Å². The summed E-state index contributed by atoms with van der Waals surface area (Å²) in [5, 5.41) is 24.1. The molecule has 1 aromatic heterocycles. The maximum atomic E-state index is 12.8. The van der Waals surface area contributed by atoms with E-state index in [1.807, 2.05) is 36.4 Å². The lowest BCUT2D eigenvalue weighted by molar-refractivity contribution is 0.0137. The number of hydrogen-bond acceptors (Lipinski definition) is 7. The molecule has 3 aromatic carbocycles. The number of rotatable bonds is 9. The third-order valence-corrected chi connectivity index (χ3v) is 7.16. The zero-order valence-corrected chi connectivity index (χ0v) is 21.9. The topological polar surface area (TPSA) is 138 Å². The van der Waals surface area contributed by atoms with Gasteiger partial charge in [0.15, 0.2) is 0 Å². The summed E-state index contributed by atoms with van der Waals surface area (Å²) >= 11 is 0. The van der Waals surface area contributed by atoms with Crippen molar-refractivity contribution in [2.24, 2.45) is 0 Å². The molecule has 4 N–H and O–H groups in total. The molecule has 0 fully saturated rings. The number of fused-ring (bicyclic) bond motifs is 4. The number of H-pyrrole nitrogens is 1. The number of hydrogen-bond donors (Lipinski definition) is 4. The van der Waals surface area contributed by atoms with E-state index in [1.54, 1.807) is 19.1 Å². The van der Waals surface area contributed by atoms with Crippen LogP contribution in [0.5, 0.6) is 0 Å². The van der Waals surface area contributed by atoms with Gasteiger partial charge in [0.05, 0.1) is 12.7 Å². The summed E-state index contributed by atoms with van der Waals surface area (Å²) in [6, 6.07) is 20.7. The summed E-state index contributed by atoms with van der Waals surface area (Å²) in [6.45, 7) is 2.01. The number of carbonyl (C=O) groups is 2. The van der Waals surface area contributed by atoms with E-state index < -0.39 is 29.7 Å². The first-order valence-electron chi connectivity index (χ1n) is 13.2. The lowest BCUT2D eigenvalue weighted by Crippen LogP contribution is -2.30. The number of aliphatic hydroxyl groups is 2. The fourth-order valence-electron chi connectivity index (χ4n) is 5.13. The van der Waals surface area contributed by atoms with Crippen molar-refractivity contribution in [2.75, 3.05) is 19.8 Å². The highest BCUT2D eigenvalue weighted by molar-refractivity contribution is 5.93. The second kappa shape index (κ2) is 11.7. The maximum absolute atomic E-state index is 12.8. The highest BCUT2D eigenvalue weighted by Crippen LogP contribution is 2.44. The molecular weight excluding hydrogens is 512 g/mol. The number of aromatic amines is 1. The molecule has 0 bridgehead atoms. The smallest absolute Gasteiger partial charge is 0.407 e. The molecule has 9 heteroatoms. The van der Waals surface area contributed by atoms with Crippen LogP contribution in [0, 0.1) is 0 Å². The van der Waals surface area contributed by atoms with E-state index in [-0.39, 0.29) is 43.0 Å². The zero-order chi connectivity index (χ0) is 28.2. The minimum atomic E-state index is -1.32. The van der Waals surface area contributed by atoms with Gasteiger partial charge in [-0.15, -0.1) is 0 Å². The third-order valence-electron chi connectivity index (χ3n) is 7.16. The molecule has 0 aliphatic heterocycles. The van der Waals surface area contributed by atoms with Gasteiger partial charge in [-0.05, 0) is 53.3 Å². The summed E-state index contributed by atoms with van der Waals surface area (Å²) in [5.41, 5.74) is 4.58. The van der Waals surface area contributed by atoms with Gasteiger partial charge in [-0.25, -0.2) is 9.59 Å². The summed E-state index contributed by atoms with van der Waals surface area (Å²) in [5.74, 6) is -0.804. The van der Waals surface area contributed by atoms with Crippen LogP contribution in [-0.2, 0) is 9.47 Å². The lowest BCUT2D eigenvalue weighted by Gasteiger charge is -2.19. The van der Waals surface area contributed by atoms with Crippen LogP contribution < -0.4 is 10.7 Å². The number of pyridine rings is 1. The van der Waals surface area contributed by atoms with Gasteiger partial charge in [0.1, 0.15) is 18.3 Å². The van der Waals surface area contributed by atoms with Crippen molar-refractivity contribution < 1.29 is 29.3 Å². The van der Waals surface area contributed by atoms with Crippen LogP contribution in [0.1, 0.15) is 52.4 Å². The first kappa shape index (κ1) is 27.1. The van der Waals surface area contributed by atoms with Crippen LogP contribution >= 0.6 is 0 Å². The molecule has 40 heavy (non-hydrogen) atoms. The predicted octanol–water partition coefficient (Wildman–Crippen LogP) is 4.03. The zero-order valence-electron chi connectivity index (χ0n) is 21.9. The van der Waals surface area contributed by atoms with Crippen molar-refractivity contribution in [1.29, 1.82) is 0 Å². The Bertz CT molecular complexity index is 1570. The highest BCUT2D eigenvalue weighted by Gasteiger charge is 2.29. The molecule has 5 rings (SSSR count). The van der Waals surface area contributed by atoms with E-state index in [2.05, 4.69) is 22.4 Å². The number of carbonyl (C=O) groups excluding carboxylic acids is 2. The van der Waals surface area contributed by atoms with Gasteiger partial charge >= 0.3 is 12.1 Å². The molecule has 2 unspecified atom stereocenters. The van der Waals surface area contributed by atoms with Crippen molar-refractivity contribution in [1.82, 2.24) is 10.3 Å². The average Bonchev–Trinajstić information content (AvgIpc) is 3.29. The fourth-order valence-corrected chi connectivity index (χ4v) is 5.13. The van der Waals surface area contributed by atoms with Crippen LogP contribution in [-0.4, -0.2) is 53.1 Å². The van der Waals surface area contributed by atoms with E-state index in [0.717, 1.165) is 22.3 Å². The highest BCUT2D eigenvalue weighted by atomic mass is 16.5. The second-order valence-electron chi connectivity index (χ2n) is 9.61.